The molecule has 3 N–H and O–H groups in total. The van der Waals surface area contributed by atoms with Crippen LogP contribution in [0.3, 0.4) is 0 Å². The molecular formula is C25H24N2O3S. The zero-order valence-corrected chi connectivity index (χ0v) is 17.7. The van der Waals surface area contributed by atoms with E-state index in [0.29, 0.717) is 24.3 Å². The molecule has 0 aromatic heterocycles. The Kier molecular flexibility index (Phi) is 8.34. The van der Waals surface area contributed by atoms with Gasteiger partial charge in [-0.05, 0) is 47.9 Å². The van der Waals surface area contributed by atoms with Crippen molar-refractivity contribution in [3.63, 3.8) is 0 Å². The second kappa shape index (κ2) is 11.6. The number of benzene rings is 3. The van der Waals surface area contributed by atoms with Gasteiger partial charge < -0.3 is 10.1 Å². The second-order valence-electron chi connectivity index (χ2n) is 6.92. The normalized spacial score (nSPS) is 11.6. The molecule has 0 spiro atoms. The molecule has 5 nitrogen and oxygen atoms in total. The smallest absolute Gasteiger partial charge is 0.244 e. The van der Waals surface area contributed by atoms with Crippen molar-refractivity contribution < 1.29 is 14.7 Å². The summed E-state index contributed by atoms with van der Waals surface area (Å²) in [6.07, 6.45) is 3.96. The van der Waals surface area contributed by atoms with Gasteiger partial charge >= 0.3 is 0 Å². The fraction of sp³-hybridized carbons (Fsp3) is 0.120. The van der Waals surface area contributed by atoms with Crippen LogP contribution in [0.15, 0.2) is 91.0 Å². The van der Waals surface area contributed by atoms with Crippen LogP contribution in [0.5, 0.6) is 5.75 Å². The molecule has 1 amide bonds. The molecule has 0 unspecified atom stereocenters. The van der Waals surface area contributed by atoms with Gasteiger partial charge in [-0.1, -0.05) is 72.9 Å². The lowest BCUT2D eigenvalue weighted by molar-refractivity contribution is -0.117. The van der Waals surface area contributed by atoms with E-state index in [0.717, 1.165) is 11.1 Å². The fourth-order valence-electron chi connectivity index (χ4n) is 3.00. The van der Waals surface area contributed by atoms with Gasteiger partial charge in [-0.15, -0.1) is 0 Å². The number of ether oxygens (including phenoxy) is 1. The summed E-state index contributed by atoms with van der Waals surface area (Å²) in [6.45, 7) is 0.307. The largest absolute Gasteiger partial charge is 0.491 e. The third-order valence-electron chi connectivity index (χ3n) is 4.57. The molecule has 0 saturated carbocycles. The summed E-state index contributed by atoms with van der Waals surface area (Å²) in [4.78, 5) is 12.7. The van der Waals surface area contributed by atoms with E-state index in [4.69, 9.17) is 22.2 Å². The summed E-state index contributed by atoms with van der Waals surface area (Å²) >= 11 is 5.00. The Morgan fingerprint density at radius 2 is 1.61 bits per heavy atom. The number of rotatable bonds is 9. The Hall–Kier alpha value is -3.48. The standard InChI is InChI=1S/C25H24N2O3S/c28-24(16-11-19-7-3-1-4-8-19)26-22(17-20-9-5-2-6-10-20)18-30-23-14-12-21(13-15-23)25(31)27-29/h1-16,22,29H,17-18H2,(H,26,28)(H,27,31)/t22-/m0/s1. The maximum absolute atomic E-state index is 12.5. The van der Waals surface area contributed by atoms with Crippen LogP contribution in [0, 0.1) is 0 Å². The van der Waals surface area contributed by atoms with Crippen LogP contribution in [0.2, 0.25) is 0 Å². The Morgan fingerprint density at radius 3 is 2.26 bits per heavy atom. The van der Waals surface area contributed by atoms with Crippen molar-refractivity contribution in [1.29, 1.82) is 0 Å². The predicted octanol–water partition coefficient (Wildman–Crippen LogP) is 4.16. The molecule has 0 saturated heterocycles. The number of thiocarbonyl (C=S) groups is 1. The minimum Gasteiger partial charge on any atom is -0.491 e. The van der Waals surface area contributed by atoms with Gasteiger partial charge in [0.15, 0.2) is 0 Å². The molecular weight excluding hydrogens is 408 g/mol. The van der Waals surface area contributed by atoms with Crippen LogP contribution in [-0.4, -0.2) is 28.8 Å². The Morgan fingerprint density at radius 1 is 0.968 bits per heavy atom. The Labute approximate surface area is 187 Å². The number of nitrogens with one attached hydrogen (secondary N) is 2. The van der Waals surface area contributed by atoms with Gasteiger partial charge in [0.05, 0.1) is 6.04 Å². The highest BCUT2D eigenvalue weighted by molar-refractivity contribution is 7.80. The van der Waals surface area contributed by atoms with Crippen LogP contribution in [-0.2, 0) is 11.2 Å². The maximum Gasteiger partial charge on any atom is 0.244 e. The first-order valence-electron chi connectivity index (χ1n) is 9.89. The lowest BCUT2D eigenvalue weighted by Crippen LogP contribution is -2.39. The molecule has 6 heteroatoms. The molecule has 0 heterocycles. The van der Waals surface area contributed by atoms with Gasteiger partial charge in [0.25, 0.3) is 0 Å². The summed E-state index contributed by atoms with van der Waals surface area (Å²) in [5, 5.41) is 11.9. The summed E-state index contributed by atoms with van der Waals surface area (Å²) in [7, 11) is 0. The second-order valence-corrected chi connectivity index (χ2v) is 7.32. The van der Waals surface area contributed by atoms with Crippen molar-refractivity contribution in [3.05, 3.63) is 108 Å². The average Bonchev–Trinajstić information content (AvgIpc) is 2.82. The van der Waals surface area contributed by atoms with Crippen molar-refractivity contribution in [2.24, 2.45) is 0 Å². The van der Waals surface area contributed by atoms with Crippen LogP contribution in [0.1, 0.15) is 16.7 Å². The summed E-state index contributed by atoms with van der Waals surface area (Å²) in [6, 6.07) is 26.5. The van der Waals surface area contributed by atoms with Crippen molar-refractivity contribution in [1.82, 2.24) is 10.8 Å². The molecule has 3 aromatic rings. The molecule has 0 bridgehead atoms. The molecule has 31 heavy (non-hydrogen) atoms. The minimum absolute atomic E-state index is 0.178. The number of amides is 1. The van der Waals surface area contributed by atoms with Crippen LogP contribution in [0.25, 0.3) is 6.08 Å². The first kappa shape index (κ1) is 22.2. The van der Waals surface area contributed by atoms with Crippen molar-refractivity contribution in [2.75, 3.05) is 6.61 Å². The van der Waals surface area contributed by atoms with E-state index in [1.165, 1.54) is 6.08 Å². The first-order chi connectivity index (χ1) is 15.1. The van der Waals surface area contributed by atoms with Crippen molar-refractivity contribution in [2.45, 2.75) is 12.5 Å². The van der Waals surface area contributed by atoms with Crippen LogP contribution < -0.4 is 15.5 Å². The third-order valence-corrected chi connectivity index (χ3v) is 4.89. The monoisotopic (exact) mass is 432 g/mol. The Balaban J connectivity index is 1.63. The number of hydrogen-bond donors (Lipinski definition) is 3. The molecule has 1 atom stereocenters. The van der Waals surface area contributed by atoms with Gasteiger partial charge in [-0.25, -0.2) is 0 Å². The van der Waals surface area contributed by atoms with E-state index in [1.807, 2.05) is 66.1 Å². The van der Waals surface area contributed by atoms with Gasteiger partial charge in [0.1, 0.15) is 17.3 Å². The zero-order chi connectivity index (χ0) is 21.9. The highest BCUT2D eigenvalue weighted by Crippen LogP contribution is 2.14. The molecule has 3 rings (SSSR count). The number of carbonyl (C=O) groups is 1. The summed E-state index contributed by atoms with van der Waals surface area (Å²) in [5.74, 6) is 0.472. The van der Waals surface area contributed by atoms with Gasteiger partial charge in [0.2, 0.25) is 5.91 Å². The van der Waals surface area contributed by atoms with Gasteiger partial charge in [0, 0.05) is 11.6 Å². The maximum atomic E-state index is 12.5. The molecule has 0 aliphatic carbocycles. The summed E-state index contributed by atoms with van der Waals surface area (Å²) < 4.78 is 5.91. The van der Waals surface area contributed by atoms with Crippen molar-refractivity contribution >= 4 is 29.2 Å². The topological polar surface area (TPSA) is 70.6 Å². The van der Waals surface area contributed by atoms with Crippen LogP contribution in [0.4, 0.5) is 0 Å². The van der Waals surface area contributed by atoms with E-state index in [2.05, 4.69) is 5.32 Å². The minimum atomic E-state index is -0.213. The van der Waals surface area contributed by atoms with E-state index in [-0.39, 0.29) is 16.9 Å². The number of hydrogen-bond acceptors (Lipinski definition) is 4. The number of carbonyl (C=O) groups excluding carboxylic acids is 1. The van der Waals surface area contributed by atoms with Crippen molar-refractivity contribution in [3.8, 4) is 5.75 Å². The SMILES string of the molecule is O=C(C=Cc1ccccc1)N[C@H](COc1ccc(C(=S)NO)cc1)Cc1ccccc1. The molecule has 158 valence electrons. The third kappa shape index (κ3) is 7.37. The highest BCUT2D eigenvalue weighted by atomic mass is 32.1. The predicted molar refractivity (Wildman–Crippen MR) is 126 cm³/mol. The van der Waals surface area contributed by atoms with Gasteiger partial charge in [-0.3, -0.25) is 15.5 Å². The first-order valence-corrected chi connectivity index (χ1v) is 10.3. The quantitative estimate of drug-likeness (QED) is 0.269. The highest BCUT2D eigenvalue weighted by Gasteiger charge is 2.13. The van der Waals surface area contributed by atoms with E-state index in [9.17, 15) is 4.79 Å². The fourth-order valence-corrected chi connectivity index (χ4v) is 3.14. The average molecular weight is 433 g/mol. The van der Waals surface area contributed by atoms with Gasteiger partial charge in [-0.2, -0.15) is 0 Å². The molecule has 0 fully saturated rings. The van der Waals surface area contributed by atoms with Crippen LogP contribution >= 0.6 is 12.2 Å². The zero-order valence-electron chi connectivity index (χ0n) is 16.9. The van der Waals surface area contributed by atoms with E-state index in [1.54, 1.807) is 30.3 Å². The summed E-state index contributed by atoms with van der Waals surface area (Å²) in [5.41, 5.74) is 4.72. The Bertz CT molecular complexity index is 1010. The molecule has 0 radical (unpaired) electrons. The lowest BCUT2D eigenvalue weighted by atomic mass is 10.1. The lowest BCUT2D eigenvalue weighted by Gasteiger charge is -2.19. The molecule has 3 aromatic carbocycles. The molecule has 0 aliphatic heterocycles. The molecule has 0 aliphatic rings. The van der Waals surface area contributed by atoms with E-state index >= 15 is 0 Å². The van der Waals surface area contributed by atoms with E-state index < -0.39 is 0 Å². The number of hydroxylamine groups is 1.